The van der Waals surface area contributed by atoms with Crippen molar-refractivity contribution in [3.05, 3.63) is 36.0 Å². The van der Waals surface area contributed by atoms with Crippen LogP contribution in [0.5, 0.6) is 0 Å². The third-order valence-corrected chi connectivity index (χ3v) is 3.24. The second-order valence-corrected chi connectivity index (χ2v) is 4.53. The van der Waals surface area contributed by atoms with Crippen LogP contribution in [-0.4, -0.2) is 42.5 Å². The Balaban J connectivity index is 1.87. The number of carboxylic acids is 1. The van der Waals surface area contributed by atoms with Crippen molar-refractivity contribution in [1.82, 2.24) is 5.16 Å². The van der Waals surface area contributed by atoms with Gasteiger partial charge in [0.15, 0.2) is 11.5 Å². The van der Waals surface area contributed by atoms with E-state index in [4.69, 9.17) is 14.4 Å². The van der Waals surface area contributed by atoms with Gasteiger partial charge < -0.3 is 19.3 Å². The number of hydrogen-bond donors (Lipinski definition) is 1. The summed E-state index contributed by atoms with van der Waals surface area (Å²) in [4.78, 5) is 13.0. The SMILES string of the molecule is O=C(O)c1cc(-c2cccc(N3CCOCC3)c2)on1. The van der Waals surface area contributed by atoms with E-state index in [0.29, 0.717) is 5.76 Å². The van der Waals surface area contributed by atoms with Gasteiger partial charge in [0.05, 0.1) is 13.2 Å². The Bertz CT molecular complexity index is 617. The first-order valence-electron chi connectivity index (χ1n) is 6.37. The van der Waals surface area contributed by atoms with Crippen LogP contribution in [0.2, 0.25) is 0 Å². The molecule has 1 aliphatic heterocycles. The lowest BCUT2D eigenvalue weighted by molar-refractivity contribution is 0.0686. The normalized spacial score (nSPS) is 15.3. The van der Waals surface area contributed by atoms with E-state index in [1.165, 1.54) is 6.07 Å². The van der Waals surface area contributed by atoms with Crippen LogP contribution >= 0.6 is 0 Å². The fraction of sp³-hybridized carbons (Fsp3) is 0.286. The molecule has 1 N–H and O–H groups in total. The van der Waals surface area contributed by atoms with Crippen molar-refractivity contribution in [2.24, 2.45) is 0 Å². The lowest BCUT2D eigenvalue weighted by Crippen LogP contribution is -2.36. The van der Waals surface area contributed by atoms with E-state index in [-0.39, 0.29) is 5.69 Å². The number of aromatic nitrogens is 1. The van der Waals surface area contributed by atoms with Gasteiger partial charge in [-0.05, 0) is 12.1 Å². The van der Waals surface area contributed by atoms with Crippen LogP contribution in [0.25, 0.3) is 11.3 Å². The number of rotatable bonds is 3. The first-order chi connectivity index (χ1) is 9.74. The fourth-order valence-electron chi connectivity index (χ4n) is 2.19. The number of aromatic carboxylic acids is 1. The molecule has 2 aromatic rings. The molecule has 1 aliphatic rings. The molecule has 6 heteroatoms. The van der Waals surface area contributed by atoms with Gasteiger partial charge in [0.1, 0.15) is 0 Å². The number of carboxylic acid groups (broad SMARTS) is 1. The summed E-state index contributed by atoms with van der Waals surface area (Å²) < 4.78 is 10.4. The number of morpholine rings is 1. The number of hydrogen-bond acceptors (Lipinski definition) is 5. The summed E-state index contributed by atoms with van der Waals surface area (Å²) in [6.07, 6.45) is 0. The smallest absolute Gasteiger partial charge is 0.358 e. The average Bonchev–Trinajstić information content (AvgIpc) is 2.98. The quantitative estimate of drug-likeness (QED) is 0.921. The standard InChI is InChI=1S/C14H14N2O4/c17-14(18)12-9-13(20-15-12)10-2-1-3-11(8-10)16-4-6-19-7-5-16/h1-3,8-9H,4-7H2,(H,17,18). The molecule has 0 bridgehead atoms. The molecule has 0 spiro atoms. The Morgan fingerprint density at radius 3 is 2.75 bits per heavy atom. The van der Waals surface area contributed by atoms with E-state index in [9.17, 15) is 4.79 Å². The number of anilines is 1. The Morgan fingerprint density at radius 1 is 1.25 bits per heavy atom. The van der Waals surface area contributed by atoms with Crippen molar-refractivity contribution in [2.45, 2.75) is 0 Å². The van der Waals surface area contributed by atoms with Gasteiger partial charge in [-0.1, -0.05) is 17.3 Å². The van der Waals surface area contributed by atoms with Crippen LogP contribution in [0.4, 0.5) is 5.69 Å². The van der Waals surface area contributed by atoms with Gasteiger partial charge in [-0.15, -0.1) is 0 Å². The summed E-state index contributed by atoms with van der Waals surface area (Å²) in [5.74, 6) is -0.637. The molecule has 104 valence electrons. The summed E-state index contributed by atoms with van der Waals surface area (Å²) in [6, 6.07) is 9.21. The van der Waals surface area contributed by atoms with Crippen LogP contribution in [0.3, 0.4) is 0 Å². The number of carbonyl (C=O) groups is 1. The molecule has 20 heavy (non-hydrogen) atoms. The highest BCUT2D eigenvalue weighted by Crippen LogP contribution is 2.25. The molecule has 6 nitrogen and oxygen atoms in total. The molecule has 0 saturated carbocycles. The Morgan fingerprint density at radius 2 is 2.05 bits per heavy atom. The fourth-order valence-corrected chi connectivity index (χ4v) is 2.19. The van der Waals surface area contributed by atoms with E-state index in [2.05, 4.69) is 10.1 Å². The van der Waals surface area contributed by atoms with E-state index < -0.39 is 5.97 Å². The third kappa shape index (κ3) is 2.50. The summed E-state index contributed by atoms with van der Waals surface area (Å²) in [6.45, 7) is 3.13. The topological polar surface area (TPSA) is 75.8 Å². The molecule has 1 saturated heterocycles. The molecule has 0 unspecified atom stereocenters. The summed E-state index contributed by atoms with van der Waals surface area (Å²) >= 11 is 0. The highest BCUT2D eigenvalue weighted by Gasteiger charge is 2.15. The average molecular weight is 274 g/mol. The second-order valence-electron chi connectivity index (χ2n) is 4.53. The minimum atomic E-state index is -1.09. The molecule has 1 aromatic heterocycles. The molecule has 2 heterocycles. The summed E-state index contributed by atoms with van der Waals surface area (Å²) in [5, 5.41) is 12.4. The Hall–Kier alpha value is -2.34. The zero-order valence-corrected chi connectivity index (χ0v) is 10.8. The van der Waals surface area contributed by atoms with Crippen molar-refractivity contribution in [3.8, 4) is 11.3 Å². The molecule has 0 atom stereocenters. The molecule has 0 aliphatic carbocycles. The zero-order chi connectivity index (χ0) is 13.9. The van der Waals surface area contributed by atoms with Gasteiger partial charge in [0.25, 0.3) is 0 Å². The summed E-state index contributed by atoms with van der Waals surface area (Å²) in [7, 11) is 0. The van der Waals surface area contributed by atoms with E-state index in [0.717, 1.165) is 37.6 Å². The maximum Gasteiger partial charge on any atom is 0.358 e. The van der Waals surface area contributed by atoms with Gasteiger partial charge in [0.2, 0.25) is 0 Å². The molecular weight excluding hydrogens is 260 g/mol. The first-order valence-corrected chi connectivity index (χ1v) is 6.37. The van der Waals surface area contributed by atoms with Crippen LogP contribution < -0.4 is 4.90 Å². The highest BCUT2D eigenvalue weighted by atomic mass is 16.5. The van der Waals surface area contributed by atoms with Crippen molar-refractivity contribution >= 4 is 11.7 Å². The Kier molecular flexibility index (Phi) is 3.39. The number of nitrogens with zero attached hydrogens (tertiary/aromatic N) is 2. The van der Waals surface area contributed by atoms with Gasteiger partial charge >= 0.3 is 5.97 Å². The van der Waals surface area contributed by atoms with Crippen LogP contribution in [0.1, 0.15) is 10.5 Å². The maximum atomic E-state index is 10.8. The van der Waals surface area contributed by atoms with Crippen LogP contribution in [0, 0.1) is 0 Å². The van der Waals surface area contributed by atoms with Gasteiger partial charge in [-0.3, -0.25) is 0 Å². The largest absolute Gasteiger partial charge is 0.476 e. The van der Waals surface area contributed by atoms with Gasteiger partial charge in [0, 0.05) is 30.4 Å². The van der Waals surface area contributed by atoms with Gasteiger partial charge in [-0.2, -0.15) is 0 Å². The van der Waals surface area contributed by atoms with Gasteiger partial charge in [-0.25, -0.2) is 4.79 Å². The zero-order valence-electron chi connectivity index (χ0n) is 10.8. The second kappa shape index (κ2) is 5.34. The Labute approximate surface area is 115 Å². The van der Waals surface area contributed by atoms with E-state index in [1.807, 2.05) is 24.3 Å². The van der Waals surface area contributed by atoms with E-state index >= 15 is 0 Å². The molecule has 1 fully saturated rings. The lowest BCUT2D eigenvalue weighted by Gasteiger charge is -2.29. The molecule has 0 radical (unpaired) electrons. The van der Waals surface area contributed by atoms with Crippen LogP contribution in [0.15, 0.2) is 34.9 Å². The summed E-state index contributed by atoms with van der Waals surface area (Å²) in [5.41, 5.74) is 1.80. The predicted molar refractivity (Wildman–Crippen MR) is 71.9 cm³/mol. The number of benzene rings is 1. The van der Waals surface area contributed by atoms with Crippen molar-refractivity contribution < 1.29 is 19.2 Å². The predicted octanol–water partition coefficient (Wildman–Crippen LogP) is 1.88. The monoisotopic (exact) mass is 274 g/mol. The third-order valence-electron chi connectivity index (χ3n) is 3.24. The van der Waals surface area contributed by atoms with E-state index in [1.54, 1.807) is 0 Å². The van der Waals surface area contributed by atoms with Crippen molar-refractivity contribution in [2.75, 3.05) is 31.2 Å². The lowest BCUT2D eigenvalue weighted by atomic mass is 10.1. The molecule has 1 aromatic carbocycles. The number of ether oxygens (including phenoxy) is 1. The van der Waals surface area contributed by atoms with Crippen molar-refractivity contribution in [3.63, 3.8) is 0 Å². The van der Waals surface area contributed by atoms with Crippen LogP contribution in [-0.2, 0) is 4.74 Å². The minimum Gasteiger partial charge on any atom is -0.476 e. The highest BCUT2D eigenvalue weighted by molar-refractivity contribution is 5.86. The molecule has 3 rings (SSSR count). The first kappa shape index (κ1) is 12.7. The molecule has 0 amide bonds. The molecular formula is C14H14N2O4. The maximum absolute atomic E-state index is 10.8. The van der Waals surface area contributed by atoms with Crippen molar-refractivity contribution in [1.29, 1.82) is 0 Å². The minimum absolute atomic E-state index is 0.0863.